The van der Waals surface area contributed by atoms with Gasteiger partial charge in [0.05, 0.1) is 19.8 Å². The van der Waals surface area contributed by atoms with Crippen LogP contribution in [0.1, 0.15) is 45.1 Å². The van der Waals surface area contributed by atoms with Gasteiger partial charge in [0, 0.05) is 5.56 Å². The molecular weight excluding hydrogens is 332 g/mol. The fourth-order valence-electron chi connectivity index (χ4n) is 3.64. The third-order valence-corrected chi connectivity index (χ3v) is 5.44. The van der Waals surface area contributed by atoms with E-state index < -0.39 is 5.60 Å². The van der Waals surface area contributed by atoms with E-state index in [-0.39, 0.29) is 5.92 Å². The molecule has 0 bridgehead atoms. The van der Waals surface area contributed by atoms with Gasteiger partial charge in [0.15, 0.2) is 0 Å². The average molecular weight is 357 g/mol. The van der Waals surface area contributed by atoms with Gasteiger partial charge in [-0.1, -0.05) is 26.7 Å². The third-order valence-electron chi connectivity index (χ3n) is 4.69. The van der Waals surface area contributed by atoms with E-state index in [9.17, 15) is 5.11 Å². The summed E-state index contributed by atoms with van der Waals surface area (Å²) in [5, 5.41) is 11.4. The molecule has 1 saturated carbocycles. The summed E-state index contributed by atoms with van der Waals surface area (Å²) in [6, 6.07) is 3.84. The van der Waals surface area contributed by atoms with Gasteiger partial charge in [-0.25, -0.2) is 0 Å². The van der Waals surface area contributed by atoms with E-state index in [1.54, 1.807) is 14.2 Å². The van der Waals surface area contributed by atoms with E-state index in [1.807, 2.05) is 12.1 Å². The van der Waals surface area contributed by atoms with Gasteiger partial charge in [0.25, 0.3) is 0 Å². The summed E-state index contributed by atoms with van der Waals surface area (Å²) in [6.07, 6.45) is 4.07. The summed E-state index contributed by atoms with van der Waals surface area (Å²) in [5.41, 5.74) is 0.0445. The van der Waals surface area contributed by atoms with Crippen molar-refractivity contribution in [1.29, 1.82) is 0 Å². The predicted octanol–water partition coefficient (Wildman–Crippen LogP) is 4.50. The summed E-state index contributed by atoms with van der Waals surface area (Å²) >= 11 is 3.54. The normalized spacial score (nSPS) is 26.0. The Labute approximate surface area is 135 Å². The van der Waals surface area contributed by atoms with Gasteiger partial charge < -0.3 is 14.6 Å². The lowest BCUT2D eigenvalue weighted by molar-refractivity contribution is -0.0735. The molecule has 4 heteroatoms. The van der Waals surface area contributed by atoms with Crippen molar-refractivity contribution in [3.63, 3.8) is 0 Å². The number of hydrogen-bond donors (Lipinski definition) is 1. The maximum absolute atomic E-state index is 11.4. The molecule has 1 aromatic rings. The largest absolute Gasteiger partial charge is 0.495 e. The van der Waals surface area contributed by atoms with Crippen LogP contribution in [-0.4, -0.2) is 19.3 Å². The predicted molar refractivity (Wildman–Crippen MR) is 87.9 cm³/mol. The van der Waals surface area contributed by atoms with Crippen molar-refractivity contribution >= 4 is 15.9 Å². The standard InChI is InChI=1S/C17H25BrO3/c1-11(2)12-7-5-6-10-17(12,19)13-8-9-14(20-3)15(18)16(13)21-4/h8-9,11-12,19H,5-7,10H2,1-4H3. The SMILES string of the molecule is COc1ccc(C2(O)CCCCC2C(C)C)c(OC)c1Br. The molecule has 1 aliphatic carbocycles. The van der Waals surface area contributed by atoms with Crippen LogP contribution in [0.4, 0.5) is 0 Å². The number of halogens is 1. The van der Waals surface area contributed by atoms with Crippen molar-refractivity contribution < 1.29 is 14.6 Å². The fourth-order valence-corrected chi connectivity index (χ4v) is 4.31. The smallest absolute Gasteiger partial charge is 0.142 e. The highest BCUT2D eigenvalue weighted by Gasteiger charge is 2.44. The highest BCUT2D eigenvalue weighted by Crippen LogP contribution is 2.50. The van der Waals surface area contributed by atoms with Crippen LogP contribution in [0.3, 0.4) is 0 Å². The fraction of sp³-hybridized carbons (Fsp3) is 0.647. The Hall–Kier alpha value is -0.740. The minimum absolute atomic E-state index is 0.250. The molecule has 118 valence electrons. The van der Waals surface area contributed by atoms with Crippen LogP contribution in [-0.2, 0) is 5.60 Å². The molecule has 0 radical (unpaired) electrons. The Morgan fingerprint density at radius 1 is 1.24 bits per heavy atom. The van der Waals surface area contributed by atoms with Crippen LogP contribution in [0.5, 0.6) is 11.5 Å². The van der Waals surface area contributed by atoms with Gasteiger partial charge in [0.1, 0.15) is 16.0 Å². The summed E-state index contributed by atoms with van der Waals surface area (Å²) in [4.78, 5) is 0. The van der Waals surface area contributed by atoms with E-state index in [0.29, 0.717) is 11.7 Å². The van der Waals surface area contributed by atoms with Gasteiger partial charge in [0.2, 0.25) is 0 Å². The molecule has 0 amide bonds. The molecular formula is C17H25BrO3. The lowest BCUT2D eigenvalue weighted by atomic mass is 9.67. The summed E-state index contributed by atoms with van der Waals surface area (Å²) < 4.78 is 11.7. The Balaban J connectivity index is 2.55. The van der Waals surface area contributed by atoms with Crippen LogP contribution in [0.25, 0.3) is 0 Å². The van der Waals surface area contributed by atoms with Gasteiger partial charge in [-0.05, 0) is 52.7 Å². The van der Waals surface area contributed by atoms with Crippen LogP contribution in [0.15, 0.2) is 16.6 Å². The number of ether oxygens (including phenoxy) is 2. The van der Waals surface area contributed by atoms with E-state index >= 15 is 0 Å². The lowest BCUT2D eigenvalue weighted by Gasteiger charge is -2.43. The Kier molecular flexibility index (Phi) is 5.20. The molecule has 0 spiro atoms. The van der Waals surface area contributed by atoms with Crippen LogP contribution in [0.2, 0.25) is 0 Å². The zero-order chi connectivity index (χ0) is 15.6. The first-order chi connectivity index (χ1) is 9.95. The van der Waals surface area contributed by atoms with Crippen LogP contribution in [0, 0.1) is 11.8 Å². The monoisotopic (exact) mass is 356 g/mol. The first kappa shape index (κ1) is 16.6. The summed E-state index contributed by atoms with van der Waals surface area (Å²) in [5.74, 6) is 2.09. The van der Waals surface area contributed by atoms with Gasteiger partial charge in [-0.2, -0.15) is 0 Å². The van der Waals surface area contributed by atoms with Crippen molar-refractivity contribution in [2.24, 2.45) is 11.8 Å². The van der Waals surface area contributed by atoms with Crippen molar-refractivity contribution in [3.8, 4) is 11.5 Å². The molecule has 0 saturated heterocycles. The second-order valence-electron chi connectivity index (χ2n) is 6.18. The molecule has 1 aromatic carbocycles. The Bertz CT molecular complexity index is 501. The first-order valence-electron chi connectivity index (χ1n) is 7.59. The van der Waals surface area contributed by atoms with Gasteiger partial charge >= 0.3 is 0 Å². The minimum Gasteiger partial charge on any atom is -0.495 e. The van der Waals surface area contributed by atoms with Crippen LogP contribution >= 0.6 is 15.9 Å². The van der Waals surface area contributed by atoms with E-state index in [2.05, 4.69) is 29.8 Å². The Morgan fingerprint density at radius 2 is 1.95 bits per heavy atom. The molecule has 3 nitrogen and oxygen atoms in total. The molecule has 1 fully saturated rings. The van der Waals surface area contributed by atoms with Crippen molar-refractivity contribution in [2.45, 2.75) is 45.1 Å². The lowest BCUT2D eigenvalue weighted by Crippen LogP contribution is -2.41. The quantitative estimate of drug-likeness (QED) is 0.862. The second kappa shape index (κ2) is 6.57. The van der Waals surface area contributed by atoms with Crippen molar-refractivity contribution in [2.75, 3.05) is 14.2 Å². The second-order valence-corrected chi connectivity index (χ2v) is 6.98. The van der Waals surface area contributed by atoms with Gasteiger partial charge in [-0.3, -0.25) is 0 Å². The molecule has 2 atom stereocenters. The van der Waals surface area contributed by atoms with E-state index in [4.69, 9.17) is 9.47 Å². The molecule has 1 N–H and O–H groups in total. The number of hydrogen-bond acceptors (Lipinski definition) is 3. The van der Waals surface area contributed by atoms with E-state index in [0.717, 1.165) is 35.0 Å². The van der Waals surface area contributed by atoms with Crippen molar-refractivity contribution in [1.82, 2.24) is 0 Å². The first-order valence-corrected chi connectivity index (χ1v) is 8.38. The molecule has 2 unspecified atom stereocenters. The average Bonchev–Trinajstić information content (AvgIpc) is 2.46. The number of benzene rings is 1. The Morgan fingerprint density at radius 3 is 2.52 bits per heavy atom. The minimum atomic E-state index is -0.827. The molecule has 1 aliphatic rings. The highest BCUT2D eigenvalue weighted by atomic mass is 79.9. The molecule has 0 aliphatic heterocycles. The van der Waals surface area contributed by atoms with E-state index in [1.165, 1.54) is 6.42 Å². The summed E-state index contributed by atoms with van der Waals surface area (Å²) in [7, 11) is 3.27. The topological polar surface area (TPSA) is 38.7 Å². The van der Waals surface area contributed by atoms with Crippen LogP contribution < -0.4 is 9.47 Å². The molecule has 2 rings (SSSR count). The van der Waals surface area contributed by atoms with Crippen molar-refractivity contribution in [3.05, 3.63) is 22.2 Å². The number of rotatable bonds is 4. The molecule has 0 heterocycles. The zero-order valence-corrected chi connectivity index (χ0v) is 14.9. The maximum Gasteiger partial charge on any atom is 0.142 e. The molecule has 21 heavy (non-hydrogen) atoms. The zero-order valence-electron chi connectivity index (χ0n) is 13.3. The maximum atomic E-state index is 11.4. The highest BCUT2D eigenvalue weighted by molar-refractivity contribution is 9.10. The summed E-state index contributed by atoms with van der Waals surface area (Å²) in [6.45, 7) is 4.37. The third kappa shape index (κ3) is 2.93. The number of aliphatic hydroxyl groups is 1. The molecule has 0 aromatic heterocycles. The van der Waals surface area contributed by atoms with Gasteiger partial charge in [-0.15, -0.1) is 0 Å². The number of methoxy groups -OCH3 is 2.